The van der Waals surface area contributed by atoms with E-state index in [1.54, 1.807) is 46.7 Å². The maximum Gasteiger partial charge on any atom is 0.337 e. The molecule has 0 radical (unpaired) electrons. The molecule has 0 bridgehead atoms. The second-order valence-corrected chi connectivity index (χ2v) is 7.20. The number of halogens is 1. The first-order chi connectivity index (χ1) is 14.0. The number of rotatable bonds is 4. The second kappa shape index (κ2) is 7.48. The van der Waals surface area contributed by atoms with Crippen molar-refractivity contribution in [3.05, 3.63) is 76.1 Å². The molecule has 1 aliphatic heterocycles. The zero-order valence-electron chi connectivity index (χ0n) is 15.3. The van der Waals surface area contributed by atoms with Crippen LogP contribution in [-0.2, 0) is 4.74 Å². The summed E-state index contributed by atoms with van der Waals surface area (Å²) < 4.78 is 17.9. The molecule has 0 saturated heterocycles. The molecule has 6 nitrogen and oxygen atoms in total. The number of nitrogens with zero attached hydrogens (tertiary/aromatic N) is 2. The third kappa shape index (κ3) is 3.50. The zero-order valence-corrected chi connectivity index (χ0v) is 16.2. The number of methoxy groups -OCH3 is 1. The van der Waals surface area contributed by atoms with Gasteiger partial charge < -0.3 is 14.7 Å². The Hall–Kier alpha value is -3.52. The first-order valence-electron chi connectivity index (χ1n) is 8.66. The van der Waals surface area contributed by atoms with Crippen LogP contribution in [0.4, 0.5) is 10.1 Å². The molecule has 0 saturated carbocycles. The van der Waals surface area contributed by atoms with Gasteiger partial charge in [0.1, 0.15) is 22.4 Å². The molecular formula is C21H16FN3O3S. The largest absolute Gasteiger partial charge is 0.510 e. The Morgan fingerprint density at radius 3 is 2.76 bits per heavy atom. The van der Waals surface area contributed by atoms with E-state index in [0.717, 1.165) is 5.56 Å². The molecule has 0 unspecified atom stereocenters. The Kier molecular flexibility index (Phi) is 4.85. The number of carbonyl (C=O) groups excluding carboxylic acids is 1. The molecule has 4 rings (SSSR count). The van der Waals surface area contributed by atoms with E-state index in [1.165, 1.54) is 30.6 Å². The van der Waals surface area contributed by atoms with Crippen LogP contribution in [0.2, 0.25) is 0 Å². The van der Waals surface area contributed by atoms with Crippen molar-refractivity contribution < 1.29 is 19.0 Å². The third-order valence-corrected chi connectivity index (χ3v) is 5.40. The van der Waals surface area contributed by atoms with E-state index >= 15 is 0 Å². The van der Waals surface area contributed by atoms with Crippen molar-refractivity contribution in [2.75, 3.05) is 18.6 Å². The molecule has 0 amide bonds. The molecule has 1 aromatic heterocycles. The Morgan fingerprint density at radius 1 is 1.28 bits per heavy atom. The van der Waals surface area contributed by atoms with Crippen LogP contribution < -0.4 is 4.90 Å². The van der Waals surface area contributed by atoms with Crippen molar-refractivity contribution in [1.29, 1.82) is 5.41 Å². The Bertz CT molecular complexity index is 1140. The van der Waals surface area contributed by atoms with Crippen molar-refractivity contribution >= 4 is 34.4 Å². The molecular weight excluding hydrogens is 393 g/mol. The number of carbonyl (C=O) groups is 1. The number of hydrogen-bond donors (Lipinski definition) is 2. The maximum absolute atomic E-state index is 13.1. The van der Waals surface area contributed by atoms with Crippen LogP contribution in [-0.4, -0.2) is 35.5 Å². The molecule has 0 atom stereocenters. The van der Waals surface area contributed by atoms with Gasteiger partial charge in [-0.05, 0) is 42.5 Å². The minimum Gasteiger partial charge on any atom is -0.510 e. The van der Waals surface area contributed by atoms with Crippen LogP contribution in [0.1, 0.15) is 15.4 Å². The lowest BCUT2D eigenvalue weighted by molar-refractivity contribution is 0.0601. The summed E-state index contributed by atoms with van der Waals surface area (Å²) in [5.41, 5.74) is 2.69. The summed E-state index contributed by atoms with van der Waals surface area (Å²) in [5.74, 6) is -0.686. The van der Waals surface area contributed by atoms with Gasteiger partial charge in [0.25, 0.3) is 0 Å². The van der Waals surface area contributed by atoms with Gasteiger partial charge in [0.05, 0.1) is 30.5 Å². The fourth-order valence-electron chi connectivity index (χ4n) is 3.09. The first kappa shape index (κ1) is 18.8. The van der Waals surface area contributed by atoms with Crippen LogP contribution in [0.3, 0.4) is 0 Å². The number of benzene rings is 2. The minimum absolute atomic E-state index is 0.0264. The van der Waals surface area contributed by atoms with Gasteiger partial charge in [-0.15, -0.1) is 11.3 Å². The number of amidine groups is 1. The lowest BCUT2D eigenvalue weighted by atomic mass is 10.1. The number of aliphatic hydroxyl groups is 1. The van der Waals surface area contributed by atoms with E-state index in [2.05, 4.69) is 4.98 Å². The number of esters is 1. The molecule has 2 heterocycles. The number of anilines is 1. The van der Waals surface area contributed by atoms with E-state index in [-0.39, 0.29) is 24.0 Å². The summed E-state index contributed by atoms with van der Waals surface area (Å²) in [6.07, 6.45) is 0. The van der Waals surface area contributed by atoms with Crippen LogP contribution in [0, 0.1) is 11.2 Å². The summed E-state index contributed by atoms with van der Waals surface area (Å²) in [5, 5.41) is 21.4. The highest BCUT2D eigenvalue weighted by atomic mass is 32.1. The summed E-state index contributed by atoms with van der Waals surface area (Å²) in [4.78, 5) is 17.9. The average Bonchev–Trinajstić information content (AvgIpc) is 3.32. The van der Waals surface area contributed by atoms with Gasteiger partial charge in [-0.1, -0.05) is 6.07 Å². The van der Waals surface area contributed by atoms with Gasteiger partial charge in [-0.3, -0.25) is 5.41 Å². The highest BCUT2D eigenvalue weighted by molar-refractivity contribution is 7.11. The molecule has 8 heteroatoms. The summed E-state index contributed by atoms with van der Waals surface area (Å²) >= 11 is 1.30. The van der Waals surface area contributed by atoms with E-state index in [4.69, 9.17) is 10.1 Å². The van der Waals surface area contributed by atoms with Crippen LogP contribution >= 0.6 is 11.3 Å². The fraction of sp³-hybridized carbons (Fsp3) is 0.0952. The Morgan fingerprint density at radius 2 is 2.03 bits per heavy atom. The van der Waals surface area contributed by atoms with Crippen LogP contribution in [0.5, 0.6) is 0 Å². The summed E-state index contributed by atoms with van der Waals surface area (Å²) in [7, 11) is 1.31. The summed E-state index contributed by atoms with van der Waals surface area (Å²) in [6.45, 7) is 0.101. The molecule has 1 aliphatic rings. The molecule has 0 spiro atoms. The van der Waals surface area contributed by atoms with Gasteiger partial charge in [-0.2, -0.15) is 0 Å². The normalized spacial score (nSPS) is 13.9. The fourth-order valence-corrected chi connectivity index (χ4v) is 3.98. The number of nitrogens with one attached hydrogen (secondary N) is 1. The molecule has 146 valence electrons. The van der Waals surface area contributed by atoms with Gasteiger partial charge in [-0.25, -0.2) is 14.2 Å². The number of aliphatic hydroxyl groups excluding tert-OH is 1. The zero-order chi connectivity index (χ0) is 20.5. The van der Waals surface area contributed by atoms with Crippen molar-refractivity contribution in [3.8, 4) is 11.3 Å². The number of ether oxygens (including phenoxy) is 1. The second-order valence-electron chi connectivity index (χ2n) is 6.34. The molecule has 2 N–H and O–H groups in total. The van der Waals surface area contributed by atoms with Gasteiger partial charge in [0.15, 0.2) is 0 Å². The third-order valence-electron chi connectivity index (χ3n) is 4.54. The van der Waals surface area contributed by atoms with Crippen molar-refractivity contribution in [2.45, 2.75) is 0 Å². The maximum atomic E-state index is 13.1. The predicted molar refractivity (Wildman–Crippen MR) is 110 cm³/mol. The van der Waals surface area contributed by atoms with Gasteiger partial charge in [0.2, 0.25) is 0 Å². The number of thiazole rings is 1. The van der Waals surface area contributed by atoms with Crippen LogP contribution in [0.25, 0.3) is 16.8 Å². The summed E-state index contributed by atoms with van der Waals surface area (Å²) in [6, 6.07) is 12.7. The lowest BCUT2D eigenvalue weighted by Crippen LogP contribution is -2.26. The first-order valence-corrected chi connectivity index (χ1v) is 9.54. The van der Waals surface area contributed by atoms with E-state index in [9.17, 15) is 14.3 Å². The quantitative estimate of drug-likeness (QED) is 0.620. The minimum atomic E-state index is -0.473. The molecule has 29 heavy (non-hydrogen) atoms. The smallest absolute Gasteiger partial charge is 0.337 e. The Balaban J connectivity index is 1.62. The Labute approximate surface area is 170 Å². The van der Waals surface area contributed by atoms with E-state index in [0.29, 0.717) is 27.5 Å². The molecule has 0 aliphatic carbocycles. The van der Waals surface area contributed by atoms with Crippen molar-refractivity contribution in [3.63, 3.8) is 0 Å². The highest BCUT2D eigenvalue weighted by Gasteiger charge is 2.31. The predicted octanol–water partition coefficient (Wildman–Crippen LogP) is 4.50. The lowest BCUT2D eigenvalue weighted by Gasteiger charge is -2.19. The van der Waals surface area contributed by atoms with E-state index < -0.39 is 5.97 Å². The van der Waals surface area contributed by atoms with Gasteiger partial charge in [0, 0.05) is 16.6 Å². The molecule has 2 aromatic carbocycles. The van der Waals surface area contributed by atoms with Crippen molar-refractivity contribution in [2.24, 2.45) is 0 Å². The van der Waals surface area contributed by atoms with E-state index in [1.807, 2.05) is 0 Å². The average molecular weight is 409 g/mol. The topological polar surface area (TPSA) is 86.5 Å². The number of hydrogen-bond acceptors (Lipinski definition) is 6. The van der Waals surface area contributed by atoms with Crippen molar-refractivity contribution in [1.82, 2.24) is 4.98 Å². The molecule has 3 aromatic rings. The van der Waals surface area contributed by atoms with Crippen LogP contribution in [0.15, 0.2) is 59.7 Å². The monoisotopic (exact) mass is 409 g/mol. The standard InChI is InChI=1S/C21H16FN3O3S/c1-28-21(27)13-3-2-4-15(9-13)25-10-17(26)18(19(25)23)20-24-16(11-29-20)12-5-7-14(22)8-6-12/h2-9,11,23,26H,10H2,1H3. The molecule has 0 fully saturated rings. The SMILES string of the molecule is COC(=O)c1cccc(N2CC(O)=C(c3nc(-c4ccc(F)cc4)cs3)C2=N)c1. The van der Waals surface area contributed by atoms with Gasteiger partial charge >= 0.3 is 5.97 Å². The highest BCUT2D eigenvalue weighted by Crippen LogP contribution is 2.34. The number of aromatic nitrogens is 1.